The lowest BCUT2D eigenvalue weighted by atomic mass is 10.1. The van der Waals surface area contributed by atoms with Gasteiger partial charge in [0, 0.05) is 73.4 Å². The third-order valence-electron chi connectivity index (χ3n) is 8.55. The molecule has 0 saturated carbocycles. The number of aromatic nitrogens is 4. The van der Waals surface area contributed by atoms with Gasteiger partial charge < -0.3 is 20.4 Å². The lowest BCUT2D eigenvalue weighted by molar-refractivity contribution is -0.132. The third kappa shape index (κ3) is 7.12. The number of hydrogen-bond acceptors (Lipinski definition) is 8. The monoisotopic (exact) mass is 609 g/mol. The van der Waals surface area contributed by atoms with E-state index in [0.717, 1.165) is 40.9 Å². The van der Waals surface area contributed by atoms with Crippen LogP contribution in [0, 0.1) is 11.8 Å². The van der Waals surface area contributed by atoms with E-state index in [1.807, 2.05) is 49.1 Å². The number of aromatic amines is 1. The summed E-state index contributed by atoms with van der Waals surface area (Å²) in [5.41, 5.74) is 4.33. The highest BCUT2D eigenvalue weighted by Gasteiger charge is 2.31. The zero-order valence-electron chi connectivity index (χ0n) is 25.7. The van der Waals surface area contributed by atoms with Gasteiger partial charge in [0.1, 0.15) is 0 Å². The van der Waals surface area contributed by atoms with Gasteiger partial charge in [-0.1, -0.05) is 13.8 Å². The first-order chi connectivity index (χ1) is 21.8. The summed E-state index contributed by atoms with van der Waals surface area (Å²) >= 11 is 0. The molecule has 12 nitrogen and oxygen atoms in total. The zero-order chi connectivity index (χ0) is 31.3. The molecular weight excluding hydrogens is 570 g/mol. The van der Waals surface area contributed by atoms with E-state index in [9.17, 15) is 14.4 Å². The van der Waals surface area contributed by atoms with Crippen LogP contribution in [0.5, 0.6) is 0 Å². The zero-order valence-corrected chi connectivity index (χ0v) is 25.7. The van der Waals surface area contributed by atoms with Crippen molar-refractivity contribution < 1.29 is 14.4 Å². The fourth-order valence-corrected chi connectivity index (χ4v) is 5.87. The number of hydrogen-bond donors (Lipinski definition) is 3. The molecular formula is C33H39N9O3. The van der Waals surface area contributed by atoms with Crippen LogP contribution in [-0.2, 0) is 20.9 Å². The van der Waals surface area contributed by atoms with Gasteiger partial charge in [-0.25, -0.2) is 9.97 Å². The number of carbonyl (C=O) groups is 3. The molecule has 0 radical (unpaired) electrons. The lowest BCUT2D eigenvalue weighted by Crippen LogP contribution is -2.51. The Morgan fingerprint density at radius 1 is 0.978 bits per heavy atom. The average molecular weight is 610 g/mol. The van der Waals surface area contributed by atoms with Gasteiger partial charge in [-0.05, 0) is 61.5 Å². The van der Waals surface area contributed by atoms with E-state index in [1.165, 1.54) is 0 Å². The van der Waals surface area contributed by atoms with Gasteiger partial charge in [-0.2, -0.15) is 5.10 Å². The first-order valence-electron chi connectivity index (χ1n) is 15.5. The summed E-state index contributed by atoms with van der Waals surface area (Å²) in [7, 11) is 0. The number of amides is 3. The molecule has 4 aromatic rings. The number of piperazine rings is 1. The van der Waals surface area contributed by atoms with Crippen molar-refractivity contribution >= 4 is 40.0 Å². The molecule has 2 aliphatic heterocycles. The Bertz CT molecular complexity index is 1650. The van der Waals surface area contributed by atoms with E-state index in [1.54, 1.807) is 18.5 Å². The van der Waals surface area contributed by atoms with E-state index in [4.69, 9.17) is 0 Å². The molecule has 0 unspecified atom stereocenters. The molecule has 6 rings (SSSR count). The number of rotatable bonds is 9. The predicted molar refractivity (Wildman–Crippen MR) is 172 cm³/mol. The fraction of sp³-hybridized carbons (Fsp3) is 0.394. The largest absolute Gasteiger partial charge is 0.368 e. The summed E-state index contributed by atoms with van der Waals surface area (Å²) in [4.78, 5) is 53.2. The van der Waals surface area contributed by atoms with Crippen molar-refractivity contribution in [2.45, 2.75) is 26.8 Å². The Morgan fingerprint density at radius 2 is 1.73 bits per heavy atom. The molecule has 2 saturated heterocycles. The smallest absolute Gasteiger partial charge is 0.236 e. The molecule has 2 aliphatic rings. The molecule has 0 bridgehead atoms. The van der Waals surface area contributed by atoms with Crippen LogP contribution in [0.15, 0.2) is 60.9 Å². The summed E-state index contributed by atoms with van der Waals surface area (Å²) in [6.07, 6.45) is 4.18. The van der Waals surface area contributed by atoms with Crippen LogP contribution in [0.1, 0.15) is 26.0 Å². The van der Waals surface area contributed by atoms with E-state index >= 15 is 0 Å². The van der Waals surface area contributed by atoms with E-state index in [0.29, 0.717) is 57.2 Å². The van der Waals surface area contributed by atoms with Crippen molar-refractivity contribution in [3.05, 3.63) is 66.6 Å². The van der Waals surface area contributed by atoms with Crippen LogP contribution in [-0.4, -0.2) is 93.5 Å². The van der Waals surface area contributed by atoms with Gasteiger partial charge in [0.25, 0.3) is 0 Å². The number of nitrogens with zero attached hydrogens (tertiary/aromatic N) is 6. The minimum absolute atomic E-state index is 0.0385. The van der Waals surface area contributed by atoms with Gasteiger partial charge in [0.05, 0.1) is 30.2 Å². The summed E-state index contributed by atoms with van der Waals surface area (Å²) in [6.45, 7) is 8.45. The Hall–Kier alpha value is -4.84. The third-order valence-corrected chi connectivity index (χ3v) is 8.55. The standard InChI is InChI=1S/C33H39N9O3/c1-22(2)32(44)36-19-29-27-18-25(6-9-28(27)38-39-29)37-33(45)24-10-13-40(20-24)21-30(43)42-16-14-41(15-17-42)26-7-4-23(5-8-26)31-34-11-3-12-35-31/h3-9,11-12,18,22,24H,10,13-17,19-21H2,1-2H3,(H,36,44)(H,37,45)(H,38,39)/t24-/m1/s1. The van der Waals surface area contributed by atoms with Crippen LogP contribution >= 0.6 is 0 Å². The van der Waals surface area contributed by atoms with Crippen LogP contribution in [0.2, 0.25) is 0 Å². The minimum atomic E-state index is -0.191. The van der Waals surface area contributed by atoms with Crippen molar-refractivity contribution in [1.82, 2.24) is 35.3 Å². The number of likely N-dealkylation sites (tertiary alicyclic amines) is 1. The van der Waals surface area contributed by atoms with Gasteiger partial charge in [0.15, 0.2) is 5.82 Å². The molecule has 4 heterocycles. The van der Waals surface area contributed by atoms with Gasteiger partial charge in [-0.3, -0.25) is 24.4 Å². The molecule has 3 N–H and O–H groups in total. The van der Waals surface area contributed by atoms with Crippen LogP contribution in [0.25, 0.3) is 22.3 Å². The SMILES string of the molecule is CC(C)C(=O)NCc1n[nH]c2ccc(NC(=O)[C@@H]3CCN(CC(=O)N4CCN(c5ccc(-c6ncccn6)cc5)CC4)C3)cc12. The van der Waals surface area contributed by atoms with Crippen LogP contribution in [0.4, 0.5) is 11.4 Å². The van der Waals surface area contributed by atoms with E-state index < -0.39 is 0 Å². The first-order valence-corrected chi connectivity index (χ1v) is 15.5. The predicted octanol–water partition coefficient (Wildman–Crippen LogP) is 2.90. The van der Waals surface area contributed by atoms with E-state index in [2.05, 4.69) is 52.7 Å². The van der Waals surface area contributed by atoms with Crippen molar-refractivity contribution in [2.24, 2.45) is 11.8 Å². The molecule has 2 aromatic carbocycles. The number of nitrogens with one attached hydrogen (secondary N) is 3. The molecule has 2 fully saturated rings. The maximum Gasteiger partial charge on any atom is 0.236 e. The Kier molecular flexibility index (Phi) is 9.01. The van der Waals surface area contributed by atoms with Gasteiger partial charge in [0.2, 0.25) is 17.7 Å². The highest BCUT2D eigenvalue weighted by Crippen LogP contribution is 2.24. The fourth-order valence-electron chi connectivity index (χ4n) is 5.87. The minimum Gasteiger partial charge on any atom is -0.368 e. The molecule has 0 aliphatic carbocycles. The van der Waals surface area contributed by atoms with Crippen molar-refractivity contribution in [3.8, 4) is 11.4 Å². The molecule has 45 heavy (non-hydrogen) atoms. The molecule has 3 amide bonds. The second-order valence-electron chi connectivity index (χ2n) is 12.0. The summed E-state index contributed by atoms with van der Waals surface area (Å²) in [6, 6.07) is 15.6. The molecule has 2 aromatic heterocycles. The molecule has 1 atom stereocenters. The molecule has 234 valence electrons. The van der Waals surface area contributed by atoms with E-state index in [-0.39, 0.29) is 29.6 Å². The highest BCUT2D eigenvalue weighted by atomic mass is 16.2. The quantitative estimate of drug-likeness (QED) is 0.263. The number of carbonyl (C=O) groups excluding carboxylic acids is 3. The second kappa shape index (κ2) is 13.4. The number of fused-ring (bicyclic) bond motifs is 1. The first kappa shape index (κ1) is 30.2. The summed E-state index contributed by atoms with van der Waals surface area (Å²) < 4.78 is 0. The Morgan fingerprint density at radius 3 is 2.47 bits per heavy atom. The number of benzene rings is 2. The average Bonchev–Trinajstić information content (AvgIpc) is 3.71. The van der Waals surface area contributed by atoms with Crippen molar-refractivity contribution in [3.63, 3.8) is 0 Å². The maximum absolute atomic E-state index is 13.1. The van der Waals surface area contributed by atoms with Gasteiger partial charge in [-0.15, -0.1) is 0 Å². The maximum atomic E-state index is 13.1. The second-order valence-corrected chi connectivity index (χ2v) is 12.0. The topological polar surface area (TPSA) is 139 Å². The van der Waals surface area contributed by atoms with Crippen LogP contribution in [0.3, 0.4) is 0 Å². The summed E-state index contributed by atoms with van der Waals surface area (Å²) in [5.74, 6) is 0.418. The normalized spacial score (nSPS) is 17.2. The lowest BCUT2D eigenvalue weighted by Gasteiger charge is -2.36. The van der Waals surface area contributed by atoms with Crippen molar-refractivity contribution in [2.75, 3.05) is 56.0 Å². The Labute approximate surface area is 262 Å². The van der Waals surface area contributed by atoms with Crippen molar-refractivity contribution in [1.29, 1.82) is 0 Å². The number of anilines is 2. The van der Waals surface area contributed by atoms with Crippen LogP contribution < -0.4 is 15.5 Å². The summed E-state index contributed by atoms with van der Waals surface area (Å²) in [5, 5.41) is 14.1. The molecule has 0 spiro atoms. The Balaban J connectivity index is 0.963. The van der Waals surface area contributed by atoms with Gasteiger partial charge >= 0.3 is 0 Å². The highest BCUT2D eigenvalue weighted by molar-refractivity contribution is 5.96. The number of H-pyrrole nitrogens is 1. The molecule has 12 heteroatoms.